The standard InChI is InChI=1S/C11H18O2/c1-8-4-3-6-11(2)7-5-9(8)13-10(11)12/h8-9H,3-7H2,1-2H3/t8?,9-,11-/m1/s1. The fraction of sp³-hybridized carbons (Fsp3) is 0.909. The summed E-state index contributed by atoms with van der Waals surface area (Å²) in [4.78, 5) is 11.7. The molecule has 1 aliphatic carbocycles. The lowest BCUT2D eigenvalue weighted by atomic mass is 9.73. The molecule has 1 unspecified atom stereocenters. The average molecular weight is 182 g/mol. The van der Waals surface area contributed by atoms with E-state index in [1.165, 1.54) is 12.8 Å². The summed E-state index contributed by atoms with van der Waals surface area (Å²) in [6.07, 6.45) is 5.73. The third-order valence-electron chi connectivity index (χ3n) is 3.75. The predicted molar refractivity (Wildman–Crippen MR) is 50.2 cm³/mol. The van der Waals surface area contributed by atoms with E-state index in [4.69, 9.17) is 4.74 Å². The fourth-order valence-electron chi connectivity index (χ4n) is 2.53. The average Bonchev–Trinajstić information content (AvgIpc) is 2.08. The molecular formula is C11H18O2. The summed E-state index contributed by atoms with van der Waals surface area (Å²) >= 11 is 0. The van der Waals surface area contributed by atoms with E-state index >= 15 is 0 Å². The largest absolute Gasteiger partial charge is 0.462 e. The van der Waals surface area contributed by atoms with Crippen molar-refractivity contribution in [2.45, 2.75) is 52.1 Å². The van der Waals surface area contributed by atoms with E-state index in [0.717, 1.165) is 19.3 Å². The highest BCUT2D eigenvalue weighted by molar-refractivity contribution is 5.77. The molecule has 13 heavy (non-hydrogen) atoms. The monoisotopic (exact) mass is 182 g/mol. The van der Waals surface area contributed by atoms with Crippen LogP contribution < -0.4 is 0 Å². The number of esters is 1. The van der Waals surface area contributed by atoms with Crippen molar-refractivity contribution < 1.29 is 9.53 Å². The predicted octanol–water partition coefficient (Wildman–Crippen LogP) is 2.52. The van der Waals surface area contributed by atoms with Crippen molar-refractivity contribution in [1.29, 1.82) is 0 Å². The molecule has 1 saturated carbocycles. The minimum absolute atomic E-state index is 0.0512. The molecule has 2 aliphatic heterocycles. The number of carbonyl (C=O) groups excluding carboxylic acids is 1. The van der Waals surface area contributed by atoms with E-state index in [2.05, 4.69) is 13.8 Å². The van der Waals surface area contributed by atoms with E-state index in [1.54, 1.807) is 0 Å². The minimum Gasteiger partial charge on any atom is -0.462 e. The van der Waals surface area contributed by atoms with Gasteiger partial charge in [0.25, 0.3) is 0 Å². The van der Waals surface area contributed by atoms with Crippen molar-refractivity contribution >= 4 is 5.97 Å². The van der Waals surface area contributed by atoms with Gasteiger partial charge in [-0.2, -0.15) is 0 Å². The Bertz CT molecular complexity index is 220. The van der Waals surface area contributed by atoms with Crippen LogP contribution in [0.4, 0.5) is 0 Å². The molecule has 74 valence electrons. The lowest BCUT2D eigenvalue weighted by molar-refractivity contribution is -0.175. The summed E-state index contributed by atoms with van der Waals surface area (Å²) in [5.41, 5.74) is -0.156. The summed E-state index contributed by atoms with van der Waals surface area (Å²) in [7, 11) is 0. The Balaban J connectivity index is 2.19. The van der Waals surface area contributed by atoms with Gasteiger partial charge in [0.15, 0.2) is 0 Å². The first-order chi connectivity index (χ1) is 6.12. The molecule has 3 aliphatic rings. The number of rotatable bonds is 0. The molecule has 0 radical (unpaired) electrons. The molecule has 2 bridgehead atoms. The quantitative estimate of drug-likeness (QED) is 0.538. The number of carbonyl (C=O) groups is 1. The van der Waals surface area contributed by atoms with Gasteiger partial charge in [0.05, 0.1) is 5.41 Å². The van der Waals surface area contributed by atoms with Gasteiger partial charge in [-0.15, -0.1) is 0 Å². The molecule has 2 heteroatoms. The number of hydrogen-bond donors (Lipinski definition) is 0. The zero-order valence-corrected chi connectivity index (χ0v) is 8.51. The number of fused-ring (bicyclic) bond motifs is 5. The van der Waals surface area contributed by atoms with Gasteiger partial charge in [-0.1, -0.05) is 13.3 Å². The number of hydrogen-bond acceptors (Lipinski definition) is 2. The second-order valence-electron chi connectivity index (χ2n) is 4.91. The summed E-state index contributed by atoms with van der Waals surface area (Å²) in [6.45, 7) is 4.26. The molecule has 0 aromatic rings. The molecular weight excluding hydrogens is 164 g/mol. The van der Waals surface area contributed by atoms with Crippen molar-refractivity contribution in [3.63, 3.8) is 0 Å². The summed E-state index contributed by atoms with van der Waals surface area (Å²) < 4.78 is 5.47. The molecule has 0 N–H and O–H groups in total. The van der Waals surface area contributed by atoms with Gasteiger partial charge in [-0.3, -0.25) is 4.79 Å². The maximum Gasteiger partial charge on any atom is 0.312 e. The SMILES string of the molecule is CC1CCC[C@]2(C)CC[C@H]1OC2=O. The van der Waals surface area contributed by atoms with Gasteiger partial charge < -0.3 is 4.74 Å². The highest BCUT2D eigenvalue weighted by atomic mass is 16.5. The first kappa shape index (κ1) is 9.04. The van der Waals surface area contributed by atoms with Gasteiger partial charge in [-0.05, 0) is 38.5 Å². The maximum atomic E-state index is 11.7. The van der Waals surface area contributed by atoms with Gasteiger partial charge in [-0.25, -0.2) is 0 Å². The van der Waals surface area contributed by atoms with Gasteiger partial charge in [0.2, 0.25) is 0 Å². The fourth-order valence-corrected chi connectivity index (χ4v) is 2.53. The zero-order chi connectivity index (χ0) is 9.47. The summed E-state index contributed by atoms with van der Waals surface area (Å²) in [6, 6.07) is 0. The third-order valence-corrected chi connectivity index (χ3v) is 3.75. The smallest absolute Gasteiger partial charge is 0.312 e. The van der Waals surface area contributed by atoms with Crippen LogP contribution in [0, 0.1) is 11.3 Å². The Morgan fingerprint density at radius 3 is 2.85 bits per heavy atom. The zero-order valence-electron chi connectivity index (χ0n) is 8.51. The molecule has 0 aromatic heterocycles. The van der Waals surface area contributed by atoms with Crippen LogP contribution in [0.3, 0.4) is 0 Å². The highest BCUT2D eigenvalue weighted by Crippen LogP contribution is 2.42. The van der Waals surface area contributed by atoms with Gasteiger partial charge >= 0.3 is 5.97 Å². The Kier molecular flexibility index (Phi) is 2.09. The van der Waals surface area contributed by atoms with Crippen molar-refractivity contribution in [3.8, 4) is 0 Å². The Hall–Kier alpha value is -0.530. The maximum absolute atomic E-state index is 11.7. The first-order valence-corrected chi connectivity index (χ1v) is 5.33. The molecule has 2 saturated heterocycles. The van der Waals surface area contributed by atoms with E-state index in [1.807, 2.05) is 0 Å². The highest BCUT2D eigenvalue weighted by Gasteiger charge is 2.43. The molecule has 0 aromatic carbocycles. The lowest BCUT2D eigenvalue weighted by Gasteiger charge is -2.40. The van der Waals surface area contributed by atoms with Gasteiger partial charge in [0, 0.05) is 0 Å². The summed E-state index contributed by atoms with van der Waals surface area (Å²) in [5.74, 6) is 0.615. The van der Waals surface area contributed by atoms with Crippen LogP contribution in [0.25, 0.3) is 0 Å². The normalized spacial score (nSPS) is 45.2. The van der Waals surface area contributed by atoms with E-state index < -0.39 is 0 Å². The second kappa shape index (κ2) is 3.00. The van der Waals surface area contributed by atoms with Crippen molar-refractivity contribution in [2.75, 3.05) is 0 Å². The topological polar surface area (TPSA) is 26.3 Å². The van der Waals surface area contributed by atoms with Crippen LogP contribution in [0.2, 0.25) is 0 Å². The van der Waals surface area contributed by atoms with Crippen LogP contribution in [0.5, 0.6) is 0 Å². The number of ether oxygens (including phenoxy) is 1. The van der Waals surface area contributed by atoms with E-state index in [0.29, 0.717) is 5.92 Å². The van der Waals surface area contributed by atoms with E-state index in [9.17, 15) is 4.79 Å². The van der Waals surface area contributed by atoms with Crippen molar-refractivity contribution in [2.24, 2.45) is 11.3 Å². The summed E-state index contributed by atoms with van der Waals surface area (Å²) in [5, 5.41) is 0. The lowest BCUT2D eigenvalue weighted by Crippen LogP contribution is -2.43. The third kappa shape index (κ3) is 1.47. The Morgan fingerprint density at radius 2 is 2.15 bits per heavy atom. The molecule has 0 amide bonds. The Morgan fingerprint density at radius 1 is 1.38 bits per heavy atom. The minimum atomic E-state index is -0.156. The van der Waals surface area contributed by atoms with Crippen molar-refractivity contribution in [3.05, 3.63) is 0 Å². The molecule has 2 nitrogen and oxygen atoms in total. The Labute approximate surface area is 79.7 Å². The molecule has 3 fully saturated rings. The van der Waals surface area contributed by atoms with E-state index in [-0.39, 0.29) is 17.5 Å². The van der Waals surface area contributed by atoms with Crippen molar-refractivity contribution in [1.82, 2.24) is 0 Å². The molecule has 3 atom stereocenters. The molecule has 0 spiro atoms. The van der Waals surface area contributed by atoms with Crippen LogP contribution in [-0.4, -0.2) is 12.1 Å². The van der Waals surface area contributed by atoms with Crippen LogP contribution in [-0.2, 0) is 9.53 Å². The van der Waals surface area contributed by atoms with Gasteiger partial charge in [0.1, 0.15) is 6.10 Å². The molecule has 3 rings (SSSR count). The van der Waals surface area contributed by atoms with Crippen LogP contribution in [0.1, 0.15) is 46.0 Å². The molecule has 2 heterocycles. The second-order valence-corrected chi connectivity index (χ2v) is 4.91. The first-order valence-electron chi connectivity index (χ1n) is 5.33. The van der Waals surface area contributed by atoms with Crippen LogP contribution >= 0.6 is 0 Å². The van der Waals surface area contributed by atoms with Crippen LogP contribution in [0.15, 0.2) is 0 Å².